The van der Waals surface area contributed by atoms with Crippen LogP contribution in [0, 0.1) is 0 Å². The quantitative estimate of drug-likeness (QED) is 0.614. The molecule has 2 aliphatic heterocycles. The molecule has 1 atom stereocenters. The van der Waals surface area contributed by atoms with Crippen molar-refractivity contribution in [3.63, 3.8) is 0 Å². The maximum Gasteiger partial charge on any atom is 0.248 e. The third-order valence-corrected chi connectivity index (χ3v) is 3.76. The first kappa shape index (κ1) is 8.50. The van der Waals surface area contributed by atoms with Gasteiger partial charge in [-0.15, -0.1) is 0 Å². The first-order valence-electron chi connectivity index (χ1n) is 5.99. The molecule has 0 N–H and O–H groups in total. The van der Waals surface area contributed by atoms with E-state index in [-0.39, 0.29) is 0 Å². The van der Waals surface area contributed by atoms with E-state index in [1.54, 1.807) is 0 Å². The van der Waals surface area contributed by atoms with Crippen LogP contribution in [0.3, 0.4) is 0 Å². The first-order chi connectivity index (χ1) is 7.92. The molecule has 2 bridgehead atoms. The molecule has 0 amide bonds. The normalized spacial score (nSPS) is 22.5. The summed E-state index contributed by atoms with van der Waals surface area (Å²) in [5.41, 5.74) is 2.50. The Labute approximate surface area is 94.3 Å². The lowest BCUT2D eigenvalue weighted by molar-refractivity contribution is -0.742. The highest BCUT2D eigenvalue weighted by atomic mass is 15.7. The number of rotatable bonds is 0. The van der Waals surface area contributed by atoms with Crippen LogP contribution in [0.25, 0.3) is 10.9 Å². The van der Waals surface area contributed by atoms with E-state index < -0.39 is 0 Å². The van der Waals surface area contributed by atoms with Crippen molar-refractivity contribution in [1.82, 2.24) is 5.10 Å². The zero-order valence-electron chi connectivity index (χ0n) is 9.13. The van der Waals surface area contributed by atoms with Gasteiger partial charge < -0.3 is 0 Å². The van der Waals surface area contributed by atoms with E-state index in [4.69, 9.17) is 5.10 Å². The monoisotopic (exact) mass is 212 g/mol. The second-order valence-electron chi connectivity index (χ2n) is 4.77. The lowest BCUT2D eigenvalue weighted by Crippen LogP contribution is -2.58. The molecule has 0 radical (unpaired) electrons. The molecule has 1 aromatic carbocycles. The predicted molar refractivity (Wildman–Crippen MR) is 61.9 cm³/mol. The Morgan fingerprint density at radius 1 is 1.31 bits per heavy atom. The van der Waals surface area contributed by atoms with E-state index in [1.165, 1.54) is 23.9 Å². The van der Waals surface area contributed by atoms with Gasteiger partial charge in [0.05, 0.1) is 19.0 Å². The van der Waals surface area contributed by atoms with E-state index in [0.717, 1.165) is 18.6 Å². The van der Waals surface area contributed by atoms with Crippen molar-refractivity contribution in [2.75, 3.05) is 18.1 Å². The molecule has 0 spiro atoms. The Hall–Kier alpha value is -1.64. The summed E-state index contributed by atoms with van der Waals surface area (Å²) in [6, 6.07) is 10.7. The van der Waals surface area contributed by atoms with E-state index >= 15 is 0 Å². The van der Waals surface area contributed by atoms with Gasteiger partial charge in [0.1, 0.15) is 5.52 Å². The van der Waals surface area contributed by atoms with E-state index in [9.17, 15) is 0 Å². The molecule has 1 aromatic heterocycles. The summed E-state index contributed by atoms with van der Waals surface area (Å²) < 4.78 is 0. The molecule has 2 aliphatic rings. The topological polar surface area (TPSA) is 20.0 Å². The van der Waals surface area contributed by atoms with Gasteiger partial charge in [0.25, 0.3) is 0 Å². The van der Waals surface area contributed by atoms with Crippen LogP contribution in [0.5, 0.6) is 0 Å². The lowest BCUT2D eigenvalue weighted by Gasteiger charge is -2.14. The third kappa shape index (κ3) is 1.03. The van der Waals surface area contributed by atoms with Crippen molar-refractivity contribution >= 4 is 10.9 Å². The second-order valence-corrected chi connectivity index (χ2v) is 4.77. The van der Waals surface area contributed by atoms with Gasteiger partial charge in [0.15, 0.2) is 0 Å². The molecule has 1 saturated heterocycles. The molecule has 16 heavy (non-hydrogen) atoms. The molecule has 3 heterocycles. The van der Waals surface area contributed by atoms with Crippen molar-refractivity contribution in [3.8, 4) is 0 Å². The minimum atomic E-state index is 0.700. The van der Waals surface area contributed by atoms with Gasteiger partial charge in [0, 0.05) is 21.3 Å². The maximum atomic E-state index is 4.74. The van der Waals surface area contributed by atoms with E-state index in [2.05, 4.69) is 40.1 Å². The Balaban J connectivity index is 2.01. The molecule has 3 nitrogen and oxygen atoms in total. The van der Waals surface area contributed by atoms with Crippen LogP contribution in [0.15, 0.2) is 30.3 Å². The summed E-state index contributed by atoms with van der Waals surface area (Å²) in [6.45, 7) is 2.31. The smallest absolute Gasteiger partial charge is 0.155 e. The number of nitrogens with zero attached hydrogens (tertiary/aromatic N) is 3. The highest BCUT2D eigenvalue weighted by Gasteiger charge is 2.41. The Morgan fingerprint density at radius 3 is 3.25 bits per heavy atom. The molecule has 0 saturated carbocycles. The van der Waals surface area contributed by atoms with Gasteiger partial charge in [-0.05, 0) is 18.9 Å². The molecule has 0 aliphatic carbocycles. The number of fused-ring (bicyclic) bond motifs is 6. The van der Waals surface area contributed by atoms with Gasteiger partial charge >= 0.3 is 0 Å². The second kappa shape index (κ2) is 2.94. The lowest BCUT2D eigenvalue weighted by atomic mass is 9.97. The SMILES string of the molecule is c1ccc2n[n+]3c(cc2c1)C1CCCN3C1. The summed E-state index contributed by atoms with van der Waals surface area (Å²) in [7, 11) is 0. The molecule has 1 unspecified atom stereocenters. The van der Waals surface area contributed by atoms with Gasteiger partial charge in [-0.2, -0.15) is 5.01 Å². The van der Waals surface area contributed by atoms with Gasteiger partial charge in [0.2, 0.25) is 5.69 Å². The van der Waals surface area contributed by atoms with Crippen molar-refractivity contribution in [1.29, 1.82) is 0 Å². The van der Waals surface area contributed by atoms with Crippen LogP contribution >= 0.6 is 0 Å². The van der Waals surface area contributed by atoms with E-state index in [0.29, 0.717) is 5.92 Å². The fraction of sp³-hybridized carbons (Fsp3) is 0.385. The zero-order valence-corrected chi connectivity index (χ0v) is 9.13. The van der Waals surface area contributed by atoms with Crippen LogP contribution in [-0.4, -0.2) is 18.2 Å². The first-order valence-corrected chi connectivity index (χ1v) is 5.99. The Morgan fingerprint density at radius 2 is 2.25 bits per heavy atom. The zero-order chi connectivity index (χ0) is 10.5. The number of benzene rings is 1. The number of aromatic nitrogens is 2. The molecule has 4 rings (SSSR count). The largest absolute Gasteiger partial charge is 0.248 e. The average Bonchev–Trinajstić information content (AvgIpc) is 2.59. The summed E-state index contributed by atoms with van der Waals surface area (Å²) in [5.74, 6) is 0.700. The average molecular weight is 212 g/mol. The highest BCUT2D eigenvalue weighted by molar-refractivity contribution is 5.77. The standard InChI is InChI=1S/C13H14N3/c1-2-6-12-10(4-1)8-13-11-5-3-7-15(9-11)16(13)14-12/h1-2,4,6,8,11H,3,5,7,9H2/q+1. The van der Waals surface area contributed by atoms with Crippen molar-refractivity contribution in [2.45, 2.75) is 18.8 Å². The van der Waals surface area contributed by atoms with Crippen LogP contribution in [0.1, 0.15) is 24.5 Å². The van der Waals surface area contributed by atoms with Crippen molar-refractivity contribution in [3.05, 3.63) is 36.0 Å². The molecular formula is C13H14N3+. The van der Waals surface area contributed by atoms with Gasteiger partial charge in [-0.3, -0.25) is 0 Å². The van der Waals surface area contributed by atoms with Crippen molar-refractivity contribution in [2.24, 2.45) is 0 Å². The maximum absolute atomic E-state index is 4.74. The van der Waals surface area contributed by atoms with Crippen LogP contribution < -0.4 is 9.80 Å². The molecule has 1 fully saturated rings. The Bertz CT molecular complexity index is 516. The minimum absolute atomic E-state index is 0.700. The minimum Gasteiger partial charge on any atom is -0.155 e. The fourth-order valence-corrected chi connectivity index (χ4v) is 2.96. The van der Waals surface area contributed by atoms with E-state index in [1.807, 2.05) is 0 Å². The van der Waals surface area contributed by atoms with Crippen LogP contribution in [0.4, 0.5) is 0 Å². The number of hydrogen-bond acceptors (Lipinski definition) is 2. The Kier molecular flexibility index (Phi) is 1.56. The van der Waals surface area contributed by atoms with Gasteiger partial charge in [-0.25, -0.2) is 0 Å². The van der Waals surface area contributed by atoms with Crippen LogP contribution in [0.2, 0.25) is 0 Å². The molecular weight excluding hydrogens is 198 g/mol. The summed E-state index contributed by atoms with van der Waals surface area (Å²) in [4.78, 5) is 2.14. The molecule has 80 valence electrons. The van der Waals surface area contributed by atoms with Crippen LogP contribution in [-0.2, 0) is 0 Å². The molecule has 2 aromatic rings. The predicted octanol–water partition coefficient (Wildman–Crippen LogP) is 1.35. The fourth-order valence-electron chi connectivity index (χ4n) is 2.96. The molecule has 3 heteroatoms. The van der Waals surface area contributed by atoms with Crippen molar-refractivity contribution < 1.29 is 4.79 Å². The van der Waals surface area contributed by atoms with Gasteiger partial charge in [-0.1, -0.05) is 18.2 Å². The summed E-state index contributed by atoms with van der Waals surface area (Å²) >= 11 is 0. The third-order valence-electron chi connectivity index (χ3n) is 3.76. The highest BCUT2D eigenvalue weighted by Crippen LogP contribution is 2.28. The summed E-state index contributed by atoms with van der Waals surface area (Å²) in [6.07, 6.45) is 2.61. The number of piperidine rings is 1. The number of hydrogen-bond donors (Lipinski definition) is 0. The summed E-state index contributed by atoms with van der Waals surface area (Å²) in [5, 5.41) is 8.38.